The fraction of sp³-hybridized carbons (Fsp3) is 0.286. The van der Waals surface area contributed by atoms with Crippen LogP contribution in [-0.2, 0) is 4.74 Å². The third kappa shape index (κ3) is 3.24. The quantitative estimate of drug-likeness (QED) is 0.652. The van der Waals surface area contributed by atoms with E-state index in [-0.39, 0.29) is 6.10 Å². The van der Waals surface area contributed by atoms with Crippen molar-refractivity contribution in [3.05, 3.63) is 55.1 Å². The van der Waals surface area contributed by atoms with Gasteiger partial charge in [-0.05, 0) is 12.5 Å². The van der Waals surface area contributed by atoms with Gasteiger partial charge in [-0.25, -0.2) is 0 Å². The zero-order valence-electron chi connectivity index (χ0n) is 9.69. The molecule has 1 atom stereocenters. The molecule has 1 aromatic rings. The molecule has 0 saturated carbocycles. The maximum absolute atomic E-state index is 5.69. The van der Waals surface area contributed by atoms with Gasteiger partial charge in [0.2, 0.25) is 0 Å². The van der Waals surface area contributed by atoms with Gasteiger partial charge in [0.1, 0.15) is 5.75 Å². The highest BCUT2D eigenvalue weighted by atomic mass is 16.5. The second-order valence-corrected chi connectivity index (χ2v) is 3.38. The van der Waals surface area contributed by atoms with Crippen LogP contribution in [0, 0.1) is 0 Å². The van der Waals surface area contributed by atoms with Gasteiger partial charge in [-0.15, -0.1) is 13.2 Å². The Hall–Kier alpha value is -1.54. The van der Waals surface area contributed by atoms with Gasteiger partial charge in [-0.1, -0.05) is 30.4 Å². The van der Waals surface area contributed by atoms with Gasteiger partial charge in [-0.3, -0.25) is 0 Å². The first-order valence-corrected chi connectivity index (χ1v) is 5.29. The summed E-state index contributed by atoms with van der Waals surface area (Å²) >= 11 is 0. The summed E-state index contributed by atoms with van der Waals surface area (Å²) in [6, 6.07) is 7.87. The van der Waals surface area contributed by atoms with Crippen molar-refractivity contribution in [3.63, 3.8) is 0 Å². The van der Waals surface area contributed by atoms with E-state index in [1.165, 1.54) is 0 Å². The Balaban J connectivity index is 2.89. The van der Waals surface area contributed by atoms with E-state index in [4.69, 9.17) is 9.47 Å². The highest BCUT2D eigenvalue weighted by Gasteiger charge is 2.14. The fourth-order valence-electron chi connectivity index (χ4n) is 1.55. The lowest BCUT2D eigenvalue weighted by Gasteiger charge is -2.18. The number of hydrogen-bond acceptors (Lipinski definition) is 2. The Kier molecular flexibility index (Phi) is 5.37. The monoisotopic (exact) mass is 218 g/mol. The minimum atomic E-state index is -0.0216. The van der Waals surface area contributed by atoms with E-state index < -0.39 is 0 Å². The molecule has 0 saturated heterocycles. The van der Waals surface area contributed by atoms with Crippen LogP contribution in [0.25, 0.3) is 0 Å². The van der Waals surface area contributed by atoms with Crippen LogP contribution < -0.4 is 4.74 Å². The van der Waals surface area contributed by atoms with Crippen molar-refractivity contribution >= 4 is 0 Å². The van der Waals surface area contributed by atoms with Crippen LogP contribution in [0.4, 0.5) is 0 Å². The van der Waals surface area contributed by atoms with Crippen LogP contribution in [0.15, 0.2) is 49.6 Å². The molecule has 16 heavy (non-hydrogen) atoms. The van der Waals surface area contributed by atoms with Crippen molar-refractivity contribution < 1.29 is 9.47 Å². The molecular formula is C14H18O2. The zero-order chi connectivity index (χ0) is 11.8. The number of rotatable bonds is 7. The van der Waals surface area contributed by atoms with Gasteiger partial charge in [-0.2, -0.15) is 0 Å². The first-order valence-electron chi connectivity index (χ1n) is 5.29. The molecule has 0 unspecified atom stereocenters. The minimum Gasteiger partial charge on any atom is -0.496 e. The summed E-state index contributed by atoms with van der Waals surface area (Å²) in [5.74, 6) is 0.846. The van der Waals surface area contributed by atoms with Crippen LogP contribution in [0.2, 0.25) is 0 Å². The number of benzene rings is 1. The average molecular weight is 218 g/mol. The van der Waals surface area contributed by atoms with E-state index in [0.29, 0.717) is 6.61 Å². The van der Waals surface area contributed by atoms with Crippen LogP contribution in [0.3, 0.4) is 0 Å². The van der Waals surface area contributed by atoms with Crippen LogP contribution in [-0.4, -0.2) is 13.7 Å². The highest BCUT2D eigenvalue weighted by Crippen LogP contribution is 2.29. The smallest absolute Gasteiger partial charge is 0.124 e. The van der Waals surface area contributed by atoms with E-state index in [1.54, 1.807) is 13.2 Å². The summed E-state index contributed by atoms with van der Waals surface area (Å²) in [7, 11) is 1.66. The number of ether oxygens (including phenoxy) is 2. The van der Waals surface area contributed by atoms with Gasteiger partial charge >= 0.3 is 0 Å². The number of methoxy groups -OCH3 is 1. The van der Waals surface area contributed by atoms with E-state index in [9.17, 15) is 0 Å². The predicted molar refractivity (Wildman–Crippen MR) is 66.7 cm³/mol. The summed E-state index contributed by atoms with van der Waals surface area (Å²) in [5, 5.41) is 0. The first kappa shape index (κ1) is 12.5. The molecule has 0 N–H and O–H groups in total. The second-order valence-electron chi connectivity index (χ2n) is 3.38. The Morgan fingerprint density at radius 3 is 2.62 bits per heavy atom. The summed E-state index contributed by atoms with van der Waals surface area (Å²) in [5.41, 5.74) is 1.05. The largest absolute Gasteiger partial charge is 0.496 e. The molecule has 2 nitrogen and oxygen atoms in total. The van der Waals surface area contributed by atoms with Crippen molar-refractivity contribution in [2.24, 2.45) is 0 Å². The van der Waals surface area contributed by atoms with Crippen LogP contribution >= 0.6 is 0 Å². The maximum atomic E-state index is 5.69. The van der Waals surface area contributed by atoms with Crippen molar-refractivity contribution in [3.8, 4) is 5.75 Å². The predicted octanol–water partition coefficient (Wildman–Crippen LogP) is 3.52. The van der Waals surface area contributed by atoms with Gasteiger partial charge in [0.15, 0.2) is 0 Å². The van der Waals surface area contributed by atoms with E-state index in [0.717, 1.165) is 17.7 Å². The van der Waals surface area contributed by atoms with Gasteiger partial charge < -0.3 is 9.47 Å². The normalized spacial score (nSPS) is 11.8. The standard InChI is InChI=1S/C14H18O2/c1-4-8-14(16-11-5-2)12-9-6-7-10-13(12)15-3/h4-7,9-10,14H,1-2,8,11H2,3H3/t14-/m0/s1. The van der Waals surface area contributed by atoms with Crippen molar-refractivity contribution in [1.29, 1.82) is 0 Å². The molecule has 0 bridgehead atoms. The summed E-state index contributed by atoms with van der Waals surface area (Å²) in [6.45, 7) is 7.91. The topological polar surface area (TPSA) is 18.5 Å². The third-order valence-electron chi connectivity index (χ3n) is 2.28. The molecule has 0 aromatic heterocycles. The number of hydrogen-bond donors (Lipinski definition) is 0. The molecule has 1 rings (SSSR count). The molecule has 0 fully saturated rings. The van der Waals surface area contributed by atoms with Crippen molar-refractivity contribution in [1.82, 2.24) is 0 Å². The van der Waals surface area contributed by atoms with E-state index in [2.05, 4.69) is 13.2 Å². The lowest BCUT2D eigenvalue weighted by Crippen LogP contribution is -2.05. The molecule has 0 amide bonds. The lowest BCUT2D eigenvalue weighted by molar-refractivity contribution is 0.0746. The molecule has 0 spiro atoms. The maximum Gasteiger partial charge on any atom is 0.124 e. The molecule has 1 aromatic carbocycles. The van der Waals surface area contributed by atoms with Crippen LogP contribution in [0.1, 0.15) is 18.1 Å². The van der Waals surface area contributed by atoms with E-state index >= 15 is 0 Å². The lowest BCUT2D eigenvalue weighted by atomic mass is 10.1. The Labute approximate surface area is 97.2 Å². The molecule has 0 aliphatic heterocycles. The SMILES string of the molecule is C=CCO[C@@H](CC=C)c1ccccc1OC. The Bertz CT molecular complexity index is 344. The molecule has 0 radical (unpaired) electrons. The summed E-state index contributed by atoms with van der Waals surface area (Å²) in [6.07, 6.45) is 4.33. The average Bonchev–Trinajstić information content (AvgIpc) is 2.34. The molecule has 86 valence electrons. The third-order valence-corrected chi connectivity index (χ3v) is 2.28. The van der Waals surface area contributed by atoms with E-state index in [1.807, 2.05) is 30.3 Å². The first-order chi connectivity index (χ1) is 7.83. The molecule has 2 heteroatoms. The molecule has 0 aliphatic carbocycles. The van der Waals surface area contributed by atoms with Crippen molar-refractivity contribution in [2.45, 2.75) is 12.5 Å². The molecular weight excluding hydrogens is 200 g/mol. The highest BCUT2D eigenvalue weighted by molar-refractivity contribution is 5.35. The molecule has 0 aliphatic rings. The van der Waals surface area contributed by atoms with Gasteiger partial charge in [0, 0.05) is 5.56 Å². The number of para-hydroxylation sites is 1. The molecule has 0 heterocycles. The van der Waals surface area contributed by atoms with Crippen LogP contribution in [0.5, 0.6) is 5.75 Å². The van der Waals surface area contributed by atoms with Gasteiger partial charge in [0.25, 0.3) is 0 Å². The summed E-state index contributed by atoms with van der Waals surface area (Å²) in [4.78, 5) is 0. The fourth-order valence-corrected chi connectivity index (χ4v) is 1.55. The minimum absolute atomic E-state index is 0.0216. The second kappa shape index (κ2) is 6.85. The Morgan fingerprint density at radius 2 is 2.00 bits per heavy atom. The Morgan fingerprint density at radius 1 is 1.25 bits per heavy atom. The summed E-state index contributed by atoms with van der Waals surface area (Å²) < 4.78 is 11.0. The van der Waals surface area contributed by atoms with Gasteiger partial charge in [0.05, 0.1) is 19.8 Å². The van der Waals surface area contributed by atoms with Crippen molar-refractivity contribution in [2.75, 3.05) is 13.7 Å². The zero-order valence-corrected chi connectivity index (χ0v) is 9.69.